The fourth-order valence-electron chi connectivity index (χ4n) is 2.35. The van der Waals surface area contributed by atoms with Crippen LogP contribution in [0.4, 0.5) is 0 Å². The van der Waals surface area contributed by atoms with Crippen molar-refractivity contribution in [1.29, 1.82) is 0 Å². The van der Waals surface area contributed by atoms with E-state index >= 15 is 0 Å². The molecule has 24 heavy (non-hydrogen) atoms. The average molecular weight is 349 g/mol. The van der Waals surface area contributed by atoms with E-state index in [0.717, 1.165) is 16.9 Å². The number of rotatable bonds is 7. The normalized spacial score (nSPS) is 11.5. The van der Waals surface area contributed by atoms with Crippen LogP contribution in [0.5, 0.6) is 11.5 Å². The number of likely N-dealkylation sites (N-methyl/N-ethyl adjacent to an activating group) is 1. The molecular weight excluding hydrogens is 326 g/mol. The van der Waals surface area contributed by atoms with Gasteiger partial charge in [0.25, 0.3) is 0 Å². The SMILES string of the molecule is COc1ccc(CCN(C)S(=O)(=O)c2cc(C)ccc2OC)cc1. The summed E-state index contributed by atoms with van der Waals surface area (Å²) in [6, 6.07) is 12.8. The lowest BCUT2D eigenvalue weighted by Crippen LogP contribution is -2.29. The van der Waals surface area contributed by atoms with Crippen LogP contribution in [0.15, 0.2) is 47.4 Å². The number of aryl methyl sites for hydroxylation is 1. The van der Waals surface area contributed by atoms with Gasteiger partial charge in [-0.25, -0.2) is 12.7 Å². The van der Waals surface area contributed by atoms with Gasteiger partial charge in [-0.2, -0.15) is 0 Å². The molecule has 0 heterocycles. The quantitative estimate of drug-likeness (QED) is 0.771. The Morgan fingerprint density at radius 2 is 1.67 bits per heavy atom. The molecular formula is C18H23NO4S. The lowest BCUT2D eigenvalue weighted by atomic mass is 10.1. The van der Waals surface area contributed by atoms with Crippen molar-refractivity contribution in [3.8, 4) is 11.5 Å². The molecule has 0 amide bonds. The maximum absolute atomic E-state index is 12.8. The molecule has 0 radical (unpaired) electrons. The van der Waals surface area contributed by atoms with E-state index in [1.807, 2.05) is 37.3 Å². The molecule has 0 aliphatic carbocycles. The summed E-state index contributed by atoms with van der Waals surface area (Å²) in [6.45, 7) is 2.24. The topological polar surface area (TPSA) is 55.8 Å². The Morgan fingerprint density at radius 1 is 1.00 bits per heavy atom. The van der Waals surface area contributed by atoms with Crippen LogP contribution in [0, 0.1) is 6.92 Å². The number of methoxy groups -OCH3 is 2. The van der Waals surface area contributed by atoms with Gasteiger partial charge >= 0.3 is 0 Å². The van der Waals surface area contributed by atoms with Crippen LogP contribution in [-0.2, 0) is 16.4 Å². The highest BCUT2D eigenvalue weighted by Crippen LogP contribution is 2.27. The van der Waals surface area contributed by atoms with Gasteiger partial charge in [-0.3, -0.25) is 0 Å². The van der Waals surface area contributed by atoms with Crippen molar-refractivity contribution in [2.75, 3.05) is 27.8 Å². The monoisotopic (exact) mass is 349 g/mol. The minimum atomic E-state index is -3.60. The highest BCUT2D eigenvalue weighted by Gasteiger charge is 2.24. The predicted octanol–water partition coefficient (Wildman–Crippen LogP) is 2.88. The van der Waals surface area contributed by atoms with Gasteiger partial charge in [0.1, 0.15) is 16.4 Å². The summed E-state index contributed by atoms with van der Waals surface area (Å²) in [5.74, 6) is 1.14. The van der Waals surface area contributed by atoms with Gasteiger partial charge in [0.15, 0.2) is 0 Å². The van der Waals surface area contributed by atoms with Gasteiger partial charge in [0, 0.05) is 13.6 Å². The van der Waals surface area contributed by atoms with Crippen molar-refractivity contribution in [3.63, 3.8) is 0 Å². The summed E-state index contributed by atoms with van der Waals surface area (Å²) in [4.78, 5) is 0.197. The fraction of sp³-hybridized carbons (Fsp3) is 0.333. The minimum Gasteiger partial charge on any atom is -0.497 e. The molecule has 0 aliphatic rings. The Balaban J connectivity index is 2.15. The van der Waals surface area contributed by atoms with Gasteiger partial charge in [-0.1, -0.05) is 18.2 Å². The number of sulfonamides is 1. The lowest BCUT2D eigenvalue weighted by molar-refractivity contribution is 0.398. The van der Waals surface area contributed by atoms with Crippen molar-refractivity contribution in [2.45, 2.75) is 18.2 Å². The second-order valence-corrected chi connectivity index (χ2v) is 7.59. The van der Waals surface area contributed by atoms with Crippen molar-refractivity contribution in [3.05, 3.63) is 53.6 Å². The maximum atomic E-state index is 12.8. The summed E-state index contributed by atoms with van der Waals surface area (Å²) in [6.07, 6.45) is 0.619. The molecule has 130 valence electrons. The highest BCUT2D eigenvalue weighted by molar-refractivity contribution is 7.89. The number of nitrogens with zero attached hydrogens (tertiary/aromatic N) is 1. The van der Waals surface area contributed by atoms with Crippen molar-refractivity contribution in [1.82, 2.24) is 4.31 Å². The first-order chi connectivity index (χ1) is 11.4. The second kappa shape index (κ2) is 7.68. The molecule has 0 atom stereocenters. The van der Waals surface area contributed by atoms with Crippen LogP contribution in [-0.4, -0.2) is 40.5 Å². The third-order valence-corrected chi connectivity index (χ3v) is 5.76. The third-order valence-electron chi connectivity index (χ3n) is 3.88. The summed E-state index contributed by atoms with van der Waals surface area (Å²) in [5, 5.41) is 0. The van der Waals surface area contributed by atoms with E-state index in [9.17, 15) is 8.42 Å². The molecule has 0 aliphatic heterocycles. The van der Waals surface area contributed by atoms with E-state index < -0.39 is 10.0 Å². The molecule has 5 nitrogen and oxygen atoms in total. The summed E-state index contributed by atoms with van der Waals surface area (Å²) < 4.78 is 37.3. The molecule has 2 aromatic rings. The van der Waals surface area contributed by atoms with Crippen LogP contribution in [0.25, 0.3) is 0 Å². The van der Waals surface area contributed by atoms with E-state index in [1.165, 1.54) is 11.4 Å². The fourth-order valence-corrected chi connectivity index (χ4v) is 3.76. The van der Waals surface area contributed by atoms with Crippen LogP contribution in [0.1, 0.15) is 11.1 Å². The molecule has 2 rings (SSSR count). The van der Waals surface area contributed by atoms with Crippen molar-refractivity contribution in [2.24, 2.45) is 0 Å². The van der Waals surface area contributed by atoms with Crippen LogP contribution < -0.4 is 9.47 Å². The first kappa shape index (κ1) is 18.3. The van der Waals surface area contributed by atoms with E-state index in [-0.39, 0.29) is 4.90 Å². The summed E-state index contributed by atoms with van der Waals surface area (Å²) in [5.41, 5.74) is 1.92. The average Bonchev–Trinajstić information content (AvgIpc) is 2.59. The Morgan fingerprint density at radius 3 is 2.25 bits per heavy atom. The zero-order chi connectivity index (χ0) is 17.7. The lowest BCUT2D eigenvalue weighted by Gasteiger charge is -2.19. The highest BCUT2D eigenvalue weighted by atomic mass is 32.2. The zero-order valence-corrected chi connectivity index (χ0v) is 15.3. The molecule has 0 saturated heterocycles. The molecule has 0 saturated carbocycles. The van der Waals surface area contributed by atoms with Crippen LogP contribution in [0.2, 0.25) is 0 Å². The largest absolute Gasteiger partial charge is 0.497 e. The molecule has 0 bridgehead atoms. The first-order valence-electron chi connectivity index (χ1n) is 7.62. The van der Waals surface area contributed by atoms with Crippen LogP contribution in [0.3, 0.4) is 0 Å². The number of hydrogen-bond acceptors (Lipinski definition) is 4. The Bertz CT molecular complexity index is 785. The van der Waals surface area contributed by atoms with Crippen molar-refractivity contribution >= 4 is 10.0 Å². The smallest absolute Gasteiger partial charge is 0.246 e. The maximum Gasteiger partial charge on any atom is 0.246 e. The summed E-state index contributed by atoms with van der Waals surface area (Å²) in [7, 11) is 1.07. The molecule has 0 fully saturated rings. The first-order valence-corrected chi connectivity index (χ1v) is 9.06. The number of ether oxygens (including phenoxy) is 2. The standard InChI is InChI=1S/C18H23NO4S/c1-14-5-10-17(23-4)18(13-14)24(20,21)19(2)12-11-15-6-8-16(22-3)9-7-15/h5-10,13H,11-12H2,1-4H3. The Kier molecular flexibility index (Phi) is 5.85. The van der Waals surface area contributed by atoms with Gasteiger partial charge < -0.3 is 9.47 Å². The van der Waals surface area contributed by atoms with Gasteiger partial charge in [-0.15, -0.1) is 0 Å². The Labute approximate surface area is 143 Å². The van der Waals surface area contributed by atoms with Crippen LogP contribution >= 0.6 is 0 Å². The van der Waals surface area contributed by atoms with Gasteiger partial charge in [-0.05, 0) is 48.7 Å². The predicted molar refractivity (Wildman–Crippen MR) is 94.2 cm³/mol. The van der Waals surface area contributed by atoms with Gasteiger partial charge in [0.05, 0.1) is 14.2 Å². The minimum absolute atomic E-state index is 0.197. The number of benzene rings is 2. The van der Waals surface area contributed by atoms with E-state index in [0.29, 0.717) is 18.7 Å². The molecule has 6 heteroatoms. The number of hydrogen-bond donors (Lipinski definition) is 0. The Hall–Kier alpha value is -2.05. The molecule has 0 N–H and O–H groups in total. The van der Waals surface area contributed by atoms with E-state index in [1.54, 1.807) is 26.3 Å². The zero-order valence-electron chi connectivity index (χ0n) is 14.4. The van der Waals surface area contributed by atoms with E-state index in [2.05, 4.69) is 0 Å². The molecule has 0 aromatic heterocycles. The third kappa shape index (κ3) is 4.07. The summed E-state index contributed by atoms with van der Waals surface area (Å²) >= 11 is 0. The van der Waals surface area contributed by atoms with E-state index in [4.69, 9.17) is 9.47 Å². The molecule has 2 aromatic carbocycles. The molecule has 0 unspecified atom stereocenters. The van der Waals surface area contributed by atoms with Crippen molar-refractivity contribution < 1.29 is 17.9 Å². The molecule has 0 spiro atoms. The van der Waals surface area contributed by atoms with Gasteiger partial charge in [0.2, 0.25) is 10.0 Å². The second-order valence-electron chi connectivity index (χ2n) is 5.58.